The van der Waals surface area contributed by atoms with Crippen LogP contribution < -0.4 is 10.6 Å². The zero-order valence-electron chi connectivity index (χ0n) is 25.0. The molecule has 216 valence electrons. The van der Waals surface area contributed by atoms with Crippen LogP contribution in [0.3, 0.4) is 0 Å². The lowest BCUT2D eigenvalue weighted by molar-refractivity contribution is -0.150. The summed E-state index contributed by atoms with van der Waals surface area (Å²) in [5.74, 6) is -4.35. The molecule has 1 aliphatic rings. The predicted octanol–water partition coefficient (Wildman–Crippen LogP) is 6.43. The van der Waals surface area contributed by atoms with Crippen LogP contribution in [-0.4, -0.2) is 28.3 Å². The van der Waals surface area contributed by atoms with Crippen molar-refractivity contribution in [2.75, 3.05) is 10.6 Å². The van der Waals surface area contributed by atoms with Gasteiger partial charge in [0.05, 0.1) is 11.5 Å². The van der Waals surface area contributed by atoms with E-state index >= 15 is 0 Å². The number of benzene rings is 3. The lowest BCUT2D eigenvalue weighted by atomic mass is 9.61. The lowest BCUT2D eigenvalue weighted by Crippen LogP contribution is -2.56. The summed E-state index contributed by atoms with van der Waals surface area (Å²) in [6, 6.07) is 22.8. The number of aryl methyl sites for hydroxylation is 2. The molecule has 3 aromatic carbocycles. The van der Waals surface area contributed by atoms with Gasteiger partial charge < -0.3 is 15.7 Å². The van der Waals surface area contributed by atoms with E-state index < -0.39 is 35.2 Å². The number of nitrogens with one attached hydrogen (secondary N) is 2. The normalized spacial score (nSPS) is 22.7. The summed E-state index contributed by atoms with van der Waals surface area (Å²) in [5, 5.41) is 17.7. The lowest BCUT2D eigenvalue weighted by Gasteiger charge is -2.44. The molecule has 0 bridgehead atoms. The van der Waals surface area contributed by atoms with Crippen molar-refractivity contribution in [2.24, 2.45) is 11.8 Å². The maximum Gasteiger partial charge on any atom is 0.235 e. The summed E-state index contributed by atoms with van der Waals surface area (Å²) < 4.78 is 0. The van der Waals surface area contributed by atoms with Crippen molar-refractivity contribution in [1.82, 2.24) is 0 Å². The van der Waals surface area contributed by atoms with Crippen molar-refractivity contribution < 1.29 is 19.5 Å². The molecule has 1 saturated carbocycles. The molecular weight excluding hydrogens is 512 g/mol. The number of ketones is 1. The standard InChI is InChI=1S/C35H42N2O4/c1-7-22-13-9-11-15-26(22)36-32(39)30-28(38)21-35(6,41)31(33(40)37-27-16-12-10-14-23(27)8-2)29(30)24-17-19-25(20-18-24)34(3,4)5/h9-20,29-31,41H,7-8,21H2,1-6H3,(H,36,39)(H,37,40). The van der Waals surface area contributed by atoms with Gasteiger partial charge in [-0.05, 0) is 59.6 Å². The Morgan fingerprint density at radius 3 is 1.80 bits per heavy atom. The molecule has 41 heavy (non-hydrogen) atoms. The first kappa shape index (κ1) is 30.2. The second-order valence-corrected chi connectivity index (χ2v) is 12.4. The van der Waals surface area contributed by atoms with Gasteiger partial charge in [-0.2, -0.15) is 0 Å². The number of para-hydroxylation sites is 2. The van der Waals surface area contributed by atoms with Crippen molar-refractivity contribution >= 4 is 29.0 Å². The quantitative estimate of drug-likeness (QED) is 0.294. The van der Waals surface area contributed by atoms with Crippen LogP contribution in [0.2, 0.25) is 0 Å². The molecule has 0 heterocycles. The van der Waals surface area contributed by atoms with Gasteiger partial charge in [-0.15, -0.1) is 0 Å². The van der Waals surface area contributed by atoms with Gasteiger partial charge in [0.1, 0.15) is 11.7 Å². The Kier molecular flexibility index (Phi) is 8.83. The Labute approximate surface area is 243 Å². The highest BCUT2D eigenvalue weighted by Gasteiger charge is 2.56. The van der Waals surface area contributed by atoms with Crippen LogP contribution in [0.5, 0.6) is 0 Å². The van der Waals surface area contributed by atoms with Gasteiger partial charge in [-0.1, -0.05) is 95.3 Å². The molecule has 1 fully saturated rings. The van der Waals surface area contributed by atoms with Crippen molar-refractivity contribution in [3.63, 3.8) is 0 Å². The van der Waals surface area contributed by atoms with E-state index in [9.17, 15) is 19.5 Å². The van der Waals surface area contributed by atoms with Gasteiger partial charge in [0.2, 0.25) is 11.8 Å². The summed E-state index contributed by atoms with van der Waals surface area (Å²) in [4.78, 5) is 41.7. The molecule has 3 aromatic rings. The minimum atomic E-state index is -1.66. The molecule has 6 heteroatoms. The zero-order valence-corrected chi connectivity index (χ0v) is 25.0. The number of Topliss-reactive ketones (excluding diaryl/α,β-unsaturated/α-hetero) is 1. The van der Waals surface area contributed by atoms with Crippen LogP contribution in [0.4, 0.5) is 11.4 Å². The predicted molar refractivity (Wildman–Crippen MR) is 164 cm³/mol. The zero-order chi connectivity index (χ0) is 29.9. The van der Waals surface area contributed by atoms with Gasteiger partial charge in [0, 0.05) is 23.7 Å². The number of aliphatic hydroxyl groups is 1. The van der Waals surface area contributed by atoms with E-state index in [0.29, 0.717) is 23.4 Å². The van der Waals surface area contributed by atoms with E-state index in [1.54, 1.807) is 0 Å². The molecule has 0 radical (unpaired) electrons. The number of anilines is 2. The molecule has 1 aliphatic carbocycles. The average molecular weight is 555 g/mol. The van der Waals surface area contributed by atoms with Crippen LogP contribution in [0.25, 0.3) is 0 Å². The number of hydrogen-bond acceptors (Lipinski definition) is 4. The first-order valence-electron chi connectivity index (χ1n) is 14.5. The SMILES string of the molecule is CCc1ccccc1NC(=O)C1C(=O)CC(C)(O)C(C(=O)Nc2ccccc2CC)C1c1ccc(C(C)(C)C)cc1. The van der Waals surface area contributed by atoms with Gasteiger partial charge in [-0.3, -0.25) is 14.4 Å². The summed E-state index contributed by atoms with van der Waals surface area (Å²) in [6.45, 7) is 11.9. The Bertz CT molecular complexity index is 1420. The minimum absolute atomic E-state index is 0.103. The minimum Gasteiger partial charge on any atom is -0.389 e. The second kappa shape index (κ2) is 12.0. The van der Waals surface area contributed by atoms with Crippen molar-refractivity contribution in [3.05, 3.63) is 95.1 Å². The van der Waals surface area contributed by atoms with Crippen LogP contribution in [0, 0.1) is 11.8 Å². The highest BCUT2D eigenvalue weighted by Crippen LogP contribution is 2.47. The highest BCUT2D eigenvalue weighted by molar-refractivity contribution is 6.10. The van der Waals surface area contributed by atoms with Gasteiger partial charge in [-0.25, -0.2) is 0 Å². The van der Waals surface area contributed by atoms with Crippen molar-refractivity contribution in [1.29, 1.82) is 0 Å². The topological polar surface area (TPSA) is 95.5 Å². The average Bonchev–Trinajstić information content (AvgIpc) is 2.92. The third-order valence-electron chi connectivity index (χ3n) is 8.31. The Balaban J connectivity index is 1.81. The number of carbonyl (C=O) groups excluding carboxylic acids is 3. The van der Waals surface area contributed by atoms with Crippen LogP contribution in [-0.2, 0) is 32.6 Å². The Morgan fingerprint density at radius 2 is 1.32 bits per heavy atom. The van der Waals surface area contributed by atoms with Crippen LogP contribution in [0.1, 0.15) is 76.1 Å². The first-order chi connectivity index (χ1) is 19.4. The Morgan fingerprint density at radius 1 is 0.829 bits per heavy atom. The van der Waals surface area contributed by atoms with Crippen molar-refractivity contribution in [3.8, 4) is 0 Å². The van der Waals surface area contributed by atoms with E-state index in [4.69, 9.17) is 0 Å². The molecule has 0 aliphatic heterocycles. The fourth-order valence-corrected chi connectivity index (χ4v) is 6.02. The summed E-state index contributed by atoms with van der Waals surface area (Å²) in [5.41, 5.74) is 3.21. The van der Waals surface area contributed by atoms with Gasteiger partial charge >= 0.3 is 0 Å². The third kappa shape index (κ3) is 6.43. The summed E-state index contributed by atoms with van der Waals surface area (Å²) in [7, 11) is 0. The molecule has 0 saturated heterocycles. The fraction of sp³-hybridized carbons (Fsp3) is 0.400. The second-order valence-electron chi connectivity index (χ2n) is 12.4. The fourth-order valence-electron chi connectivity index (χ4n) is 6.02. The van der Waals surface area contributed by atoms with Gasteiger partial charge in [0.15, 0.2) is 0 Å². The number of rotatable bonds is 7. The maximum atomic E-state index is 14.1. The first-order valence-corrected chi connectivity index (χ1v) is 14.5. The van der Waals surface area contributed by atoms with Crippen LogP contribution in [0.15, 0.2) is 72.8 Å². The number of amides is 2. The highest BCUT2D eigenvalue weighted by atomic mass is 16.3. The molecule has 0 aromatic heterocycles. The van der Waals surface area contributed by atoms with Crippen molar-refractivity contribution in [2.45, 2.75) is 77.7 Å². The van der Waals surface area contributed by atoms with E-state index in [1.807, 2.05) is 86.6 Å². The molecule has 3 N–H and O–H groups in total. The van der Waals surface area contributed by atoms with E-state index in [-0.39, 0.29) is 17.6 Å². The monoisotopic (exact) mass is 554 g/mol. The third-order valence-corrected chi connectivity index (χ3v) is 8.31. The summed E-state index contributed by atoms with van der Waals surface area (Å²) in [6.07, 6.45) is 1.13. The molecule has 0 spiro atoms. The maximum absolute atomic E-state index is 14.1. The van der Waals surface area contributed by atoms with E-state index in [2.05, 4.69) is 31.4 Å². The molecule has 2 amide bonds. The van der Waals surface area contributed by atoms with Gasteiger partial charge in [0.25, 0.3) is 0 Å². The molecule has 4 atom stereocenters. The Hall–Kier alpha value is -3.77. The number of hydrogen-bond donors (Lipinski definition) is 3. The smallest absolute Gasteiger partial charge is 0.235 e. The number of carbonyl (C=O) groups is 3. The molecule has 6 nitrogen and oxygen atoms in total. The van der Waals surface area contributed by atoms with Crippen LogP contribution >= 0.6 is 0 Å². The van der Waals surface area contributed by atoms with E-state index in [0.717, 1.165) is 23.1 Å². The van der Waals surface area contributed by atoms with E-state index in [1.165, 1.54) is 6.92 Å². The summed E-state index contributed by atoms with van der Waals surface area (Å²) >= 11 is 0. The molecule has 4 unspecified atom stereocenters. The molecule has 4 rings (SSSR count). The molecular formula is C35H42N2O4. The largest absolute Gasteiger partial charge is 0.389 e.